The van der Waals surface area contributed by atoms with E-state index in [1.165, 1.54) is 5.69 Å². The molecule has 1 fully saturated rings. The molecule has 1 aliphatic heterocycles. The lowest BCUT2D eigenvalue weighted by Crippen LogP contribution is -2.47. The van der Waals surface area contributed by atoms with E-state index in [1.54, 1.807) is 6.20 Å². The van der Waals surface area contributed by atoms with E-state index < -0.39 is 0 Å². The minimum absolute atomic E-state index is 0.700. The van der Waals surface area contributed by atoms with E-state index in [-0.39, 0.29) is 0 Å². The first kappa shape index (κ1) is 19.8. The second-order valence-corrected chi connectivity index (χ2v) is 8.21. The topological polar surface area (TPSA) is 57.2 Å². The largest absolute Gasteiger partial charge is 0.367 e. The number of pyridine rings is 1. The number of hydrogen-bond donors (Lipinski definition) is 1. The third-order valence-corrected chi connectivity index (χ3v) is 5.83. The average Bonchev–Trinajstić information content (AvgIpc) is 2.80. The number of nitrogens with one attached hydrogen (secondary N) is 1. The Kier molecular flexibility index (Phi) is 5.49. The van der Waals surface area contributed by atoms with Crippen LogP contribution in [0.4, 0.5) is 23.1 Å². The summed E-state index contributed by atoms with van der Waals surface area (Å²) in [5, 5.41) is 5.83. The fourth-order valence-electron chi connectivity index (χ4n) is 3.78. The normalized spacial score (nSPS) is 14.1. The summed E-state index contributed by atoms with van der Waals surface area (Å²) in [6, 6.07) is 17.3. The molecule has 0 spiro atoms. The summed E-state index contributed by atoms with van der Waals surface area (Å²) in [4.78, 5) is 18.2. The first-order valence-electron chi connectivity index (χ1n) is 10.1. The summed E-state index contributed by atoms with van der Waals surface area (Å²) < 4.78 is 0. The Morgan fingerprint density at radius 2 is 1.45 bits per heavy atom. The quantitative estimate of drug-likeness (QED) is 0.448. The Morgan fingerprint density at radius 1 is 0.742 bits per heavy atom. The van der Waals surface area contributed by atoms with E-state index in [4.69, 9.17) is 28.2 Å². The highest BCUT2D eigenvalue weighted by Gasteiger charge is 2.21. The van der Waals surface area contributed by atoms with Crippen molar-refractivity contribution >= 4 is 57.2 Å². The van der Waals surface area contributed by atoms with Crippen molar-refractivity contribution in [1.29, 1.82) is 0 Å². The zero-order valence-corrected chi connectivity index (χ0v) is 18.2. The summed E-state index contributed by atoms with van der Waals surface area (Å²) in [6.45, 7) is 3.42. The molecule has 156 valence electrons. The Morgan fingerprint density at radius 3 is 2.26 bits per heavy atom. The molecule has 0 unspecified atom stereocenters. The first-order valence-corrected chi connectivity index (χ1v) is 10.8. The molecule has 6 nitrogen and oxygen atoms in total. The first-order chi connectivity index (χ1) is 15.2. The van der Waals surface area contributed by atoms with Crippen LogP contribution in [0.1, 0.15) is 0 Å². The van der Waals surface area contributed by atoms with Gasteiger partial charge in [0.25, 0.3) is 0 Å². The van der Waals surface area contributed by atoms with Gasteiger partial charge in [0.2, 0.25) is 5.95 Å². The molecule has 5 rings (SSSR count). The Balaban J connectivity index is 1.29. The number of anilines is 4. The van der Waals surface area contributed by atoms with Gasteiger partial charge in [0.05, 0.1) is 5.52 Å². The standard InChI is InChI=1S/C23H20Cl2N6/c24-16-1-4-18(5-2-16)28-22-8-10-27-23(29-22)31-13-11-30(12-14-31)21-7-9-26-20-15-17(25)3-6-19(20)21/h1-10,15H,11-14H2,(H,27,28,29). The van der Waals surface area contributed by atoms with Crippen LogP contribution in [0.3, 0.4) is 0 Å². The number of nitrogens with zero attached hydrogens (tertiary/aromatic N) is 5. The van der Waals surface area contributed by atoms with E-state index in [2.05, 4.69) is 31.2 Å². The highest BCUT2D eigenvalue weighted by atomic mass is 35.5. The molecule has 2 aromatic heterocycles. The fraction of sp³-hybridized carbons (Fsp3) is 0.174. The van der Waals surface area contributed by atoms with Crippen molar-refractivity contribution < 1.29 is 0 Å². The van der Waals surface area contributed by atoms with Crippen LogP contribution in [0, 0.1) is 0 Å². The summed E-state index contributed by atoms with van der Waals surface area (Å²) in [5.74, 6) is 1.48. The van der Waals surface area contributed by atoms with E-state index in [0.29, 0.717) is 10.0 Å². The Labute approximate surface area is 190 Å². The molecule has 0 aliphatic carbocycles. The van der Waals surface area contributed by atoms with Gasteiger partial charge in [-0.1, -0.05) is 23.2 Å². The van der Waals surface area contributed by atoms with Gasteiger partial charge >= 0.3 is 0 Å². The predicted molar refractivity (Wildman–Crippen MR) is 128 cm³/mol. The minimum atomic E-state index is 0.700. The second-order valence-electron chi connectivity index (χ2n) is 7.34. The van der Waals surface area contributed by atoms with Gasteiger partial charge in [0.1, 0.15) is 5.82 Å². The summed E-state index contributed by atoms with van der Waals surface area (Å²) in [6.07, 6.45) is 3.63. The predicted octanol–water partition coefficient (Wildman–Crippen LogP) is 5.40. The van der Waals surface area contributed by atoms with Crippen LogP contribution < -0.4 is 15.1 Å². The monoisotopic (exact) mass is 450 g/mol. The maximum Gasteiger partial charge on any atom is 0.227 e. The third kappa shape index (κ3) is 4.36. The number of piperazine rings is 1. The van der Waals surface area contributed by atoms with Crippen LogP contribution in [-0.4, -0.2) is 41.1 Å². The van der Waals surface area contributed by atoms with Gasteiger partial charge in [-0.25, -0.2) is 4.98 Å². The van der Waals surface area contributed by atoms with Crippen LogP contribution in [0.15, 0.2) is 67.0 Å². The number of halogens is 2. The SMILES string of the molecule is Clc1ccc(Nc2ccnc(N3CCN(c4ccnc5cc(Cl)ccc45)CC3)n2)cc1. The van der Waals surface area contributed by atoms with E-state index >= 15 is 0 Å². The van der Waals surface area contributed by atoms with Crippen molar-refractivity contribution in [3.63, 3.8) is 0 Å². The fourth-order valence-corrected chi connectivity index (χ4v) is 4.07. The van der Waals surface area contributed by atoms with Gasteiger partial charge in [-0.05, 0) is 54.6 Å². The van der Waals surface area contributed by atoms with Crippen molar-refractivity contribution in [2.75, 3.05) is 41.3 Å². The number of benzene rings is 2. The van der Waals surface area contributed by atoms with E-state index in [9.17, 15) is 0 Å². The second kappa shape index (κ2) is 8.57. The zero-order chi connectivity index (χ0) is 21.2. The number of aromatic nitrogens is 3. The molecular weight excluding hydrogens is 431 g/mol. The summed E-state index contributed by atoms with van der Waals surface area (Å²) in [5.41, 5.74) is 3.03. The highest BCUT2D eigenvalue weighted by molar-refractivity contribution is 6.31. The highest BCUT2D eigenvalue weighted by Crippen LogP contribution is 2.29. The van der Waals surface area contributed by atoms with E-state index in [1.807, 2.05) is 54.7 Å². The average molecular weight is 451 g/mol. The molecule has 31 heavy (non-hydrogen) atoms. The van der Waals surface area contributed by atoms with Gasteiger partial charge in [-0.2, -0.15) is 4.98 Å². The smallest absolute Gasteiger partial charge is 0.227 e. The molecule has 1 aliphatic rings. The molecule has 1 N–H and O–H groups in total. The number of rotatable bonds is 4. The molecule has 0 amide bonds. The van der Waals surface area contributed by atoms with Crippen LogP contribution >= 0.6 is 23.2 Å². The molecule has 0 saturated carbocycles. The molecule has 4 aromatic rings. The van der Waals surface area contributed by atoms with Gasteiger partial charge in [-0.3, -0.25) is 4.98 Å². The third-order valence-electron chi connectivity index (χ3n) is 5.34. The lowest BCUT2D eigenvalue weighted by atomic mass is 10.1. The Hall–Kier alpha value is -3.09. The number of fused-ring (bicyclic) bond motifs is 1. The summed E-state index contributed by atoms with van der Waals surface area (Å²) >= 11 is 12.1. The Bertz CT molecular complexity index is 1210. The molecule has 0 atom stereocenters. The van der Waals surface area contributed by atoms with Gasteiger partial charge in [0, 0.05) is 65.4 Å². The van der Waals surface area contributed by atoms with Crippen molar-refractivity contribution in [1.82, 2.24) is 15.0 Å². The molecule has 0 radical (unpaired) electrons. The minimum Gasteiger partial charge on any atom is -0.367 e. The molecule has 3 heterocycles. The van der Waals surface area contributed by atoms with Crippen LogP contribution in [0.25, 0.3) is 10.9 Å². The van der Waals surface area contributed by atoms with Gasteiger partial charge in [0.15, 0.2) is 0 Å². The van der Waals surface area contributed by atoms with Crippen LogP contribution in [-0.2, 0) is 0 Å². The molecule has 2 aromatic carbocycles. The number of hydrogen-bond acceptors (Lipinski definition) is 6. The van der Waals surface area contributed by atoms with Crippen LogP contribution in [0.2, 0.25) is 10.0 Å². The van der Waals surface area contributed by atoms with Crippen molar-refractivity contribution in [2.45, 2.75) is 0 Å². The van der Waals surface area contributed by atoms with Gasteiger partial charge in [-0.15, -0.1) is 0 Å². The van der Waals surface area contributed by atoms with Crippen molar-refractivity contribution in [3.05, 3.63) is 77.0 Å². The molecule has 8 heteroatoms. The van der Waals surface area contributed by atoms with Crippen molar-refractivity contribution in [3.8, 4) is 0 Å². The maximum absolute atomic E-state index is 6.13. The molecule has 1 saturated heterocycles. The zero-order valence-electron chi connectivity index (χ0n) is 16.7. The lowest BCUT2D eigenvalue weighted by Gasteiger charge is -2.36. The summed E-state index contributed by atoms with van der Waals surface area (Å²) in [7, 11) is 0. The van der Waals surface area contributed by atoms with E-state index in [0.717, 1.165) is 54.5 Å². The molecular formula is C23H20Cl2N6. The van der Waals surface area contributed by atoms with Crippen LogP contribution in [0.5, 0.6) is 0 Å². The lowest BCUT2D eigenvalue weighted by molar-refractivity contribution is 0.641. The maximum atomic E-state index is 6.13. The molecule has 0 bridgehead atoms. The van der Waals surface area contributed by atoms with Crippen molar-refractivity contribution in [2.24, 2.45) is 0 Å². The van der Waals surface area contributed by atoms with Gasteiger partial charge < -0.3 is 15.1 Å².